The fraction of sp³-hybridized carbons (Fsp3) is 0.286. The van der Waals surface area contributed by atoms with E-state index in [1.54, 1.807) is 19.9 Å². The first-order chi connectivity index (χ1) is 8.97. The number of benzene rings is 1. The van der Waals surface area contributed by atoms with Crippen molar-refractivity contribution in [2.45, 2.75) is 36.1 Å². The Morgan fingerprint density at radius 1 is 1.32 bits per heavy atom. The monoisotopic (exact) mass is 283 g/mol. The summed E-state index contributed by atoms with van der Waals surface area (Å²) in [6, 6.07) is 4.23. The van der Waals surface area contributed by atoms with Gasteiger partial charge in [-0.2, -0.15) is 0 Å². The summed E-state index contributed by atoms with van der Waals surface area (Å²) in [6.07, 6.45) is 1.95. The Hall–Kier alpha value is -1.33. The highest BCUT2D eigenvalue weighted by atomic mass is 32.2. The molecule has 0 spiro atoms. The van der Waals surface area contributed by atoms with Crippen LogP contribution in [0.1, 0.15) is 18.2 Å². The second kappa shape index (κ2) is 5.75. The third-order valence-electron chi connectivity index (χ3n) is 2.64. The largest absolute Gasteiger partial charge is 0.468 e. The van der Waals surface area contributed by atoms with Crippen LogP contribution in [0.15, 0.2) is 38.7 Å². The van der Waals surface area contributed by atoms with Gasteiger partial charge in [0, 0.05) is 6.04 Å². The standard InChI is InChI=1S/C14H15F2NOS/c1-8(17)5-10-6-11(15)14(12(16)7-10)19-13-3-4-18-9(13)2/h3-4,6-8H,5,17H2,1-2H3. The van der Waals surface area contributed by atoms with Gasteiger partial charge in [0.1, 0.15) is 17.4 Å². The van der Waals surface area contributed by atoms with Gasteiger partial charge in [-0.05, 0) is 44.0 Å². The fourth-order valence-corrected chi connectivity index (χ4v) is 2.64. The maximum absolute atomic E-state index is 14.0. The molecule has 0 bridgehead atoms. The summed E-state index contributed by atoms with van der Waals surface area (Å²) in [7, 11) is 0. The van der Waals surface area contributed by atoms with E-state index in [4.69, 9.17) is 10.2 Å². The minimum Gasteiger partial charge on any atom is -0.468 e. The SMILES string of the molecule is Cc1occc1Sc1c(F)cc(CC(C)N)cc1F. The van der Waals surface area contributed by atoms with Gasteiger partial charge < -0.3 is 10.2 Å². The molecule has 0 amide bonds. The second-order valence-electron chi connectivity index (χ2n) is 4.51. The molecule has 0 saturated carbocycles. The van der Waals surface area contributed by atoms with Gasteiger partial charge in [0.25, 0.3) is 0 Å². The number of hydrogen-bond donors (Lipinski definition) is 1. The van der Waals surface area contributed by atoms with Crippen LogP contribution in [0.3, 0.4) is 0 Å². The van der Waals surface area contributed by atoms with Crippen molar-refractivity contribution in [1.82, 2.24) is 0 Å². The lowest BCUT2D eigenvalue weighted by Crippen LogP contribution is -2.18. The average molecular weight is 283 g/mol. The lowest BCUT2D eigenvalue weighted by Gasteiger charge is -2.09. The Labute approximate surface area is 115 Å². The third-order valence-corrected chi connectivity index (χ3v) is 3.88. The van der Waals surface area contributed by atoms with E-state index in [1.165, 1.54) is 18.4 Å². The number of rotatable bonds is 4. The molecule has 1 heterocycles. The Bertz CT molecular complexity index is 558. The molecule has 19 heavy (non-hydrogen) atoms. The van der Waals surface area contributed by atoms with Gasteiger partial charge in [0.15, 0.2) is 0 Å². The highest BCUT2D eigenvalue weighted by molar-refractivity contribution is 7.99. The maximum Gasteiger partial charge on any atom is 0.140 e. The van der Waals surface area contributed by atoms with Gasteiger partial charge >= 0.3 is 0 Å². The van der Waals surface area contributed by atoms with Crippen molar-refractivity contribution in [2.24, 2.45) is 5.73 Å². The number of aryl methyl sites for hydroxylation is 1. The van der Waals surface area contributed by atoms with Gasteiger partial charge in [-0.15, -0.1) is 0 Å². The molecule has 102 valence electrons. The number of furan rings is 1. The molecule has 2 nitrogen and oxygen atoms in total. The lowest BCUT2D eigenvalue weighted by molar-refractivity contribution is 0.525. The average Bonchev–Trinajstić information content (AvgIpc) is 2.68. The van der Waals surface area contributed by atoms with Crippen molar-refractivity contribution in [3.05, 3.63) is 47.4 Å². The molecular weight excluding hydrogens is 268 g/mol. The molecule has 0 radical (unpaired) electrons. The van der Waals surface area contributed by atoms with Crippen molar-refractivity contribution in [2.75, 3.05) is 0 Å². The summed E-state index contributed by atoms with van der Waals surface area (Å²) in [6.45, 7) is 3.55. The minimum atomic E-state index is -0.568. The van der Waals surface area contributed by atoms with Crippen LogP contribution in [-0.4, -0.2) is 6.04 Å². The van der Waals surface area contributed by atoms with E-state index in [1.807, 2.05) is 0 Å². The first-order valence-corrected chi connectivity index (χ1v) is 6.74. The van der Waals surface area contributed by atoms with Crippen LogP contribution in [0.25, 0.3) is 0 Å². The van der Waals surface area contributed by atoms with Crippen LogP contribution in [0.5, 0.6) is 0 Å². The predicted octanol–water partition coefficient (Wildman–Crippen LogP) is 3.91. The van der Waals surface area contributed by atoms with Crippen LogP contribution in [0.4, 0.5) is 8.78 Å². The lowest BCUT2D eigenvalue weighted by atomic mass is 10.1. The van der Waals surface area contributed by atoms with Crippen LogP contribution >= 0.6 is 11.8 Å². The van der Waals surface area contributed by atoms with Crippen molar-refractivity contribution < 1.29 is 13.2 Å². The maximum atomic E-state index is 14.0. The quantitative estimate of drug-likeness (QED) is 0.924. The zero-order valence-electron chi connectivity index (χ0n) is 10.7. The minimum absolute atomic E-state index is 0.0158. The highest BCUT2D eigenvalue weighted by Crippen LogP contribution is 2.35. The summed E-state index contributed by atoms with van der Waals surface area (Å²) in [4.78, 5) is 0.690. The van der Waals surface area contributed by atoms with Gasteiger partial charge in [-0.3, -0.25) is 0 Å². The Balaban J connectivity index is 2.29. The Morgan fingerprint density at radius 2 is 1.95 bits per heavy atom. The van der Waals surface area contributed by atoms with Crippen molar-refractivity contribution >= 4 is 11.8 Å². The van der Waals surface area contributed by atoms with Crippen LogP contribution in [0.2, 0.25) is 0 Å². The fourth-order valence-electron chi connectivity index (χ4n) is 1.79. The van der Waals surface area contributed by atoms with Gasteiger partial charge in [0.2, 0.25) is 0 Å². The molecule has 1 unspecified atom stereocenters. The van der Waals surface area contributed by atoms with E-state index >= 15 is 0 Å². The second-order valence-corrected chi connectivity index (χ2v) is 5.57. The van der Waals surface area contributed by atoms with Gasteiger partial charge in [-0.25, -0.2) is 8.78 Å². The van der Waals surface area contributed by atoms with E-state index in [0.29, 0.717) is 22.6 Å². The molecular formula is C14H15F2NOS. The molecule has 0 saturated heterocycles. The molecule has 2 rings (SSSR count). The first-order valence-electron chi connectivity index (χ1n) is 5.93. The molecule has 2 aromatic rings. The van der Waals surface area contributed by atoms with E-state index < -0.39 is 11.6 Å². The molecule has 0 aliphatic heterocycles. The van der Waals surface area contributed by atoms with Crippen LogP contribution in [-0.2, 0) is 6.42 Å². The predicted molar refractivity (Wildman–Crippen MR) is 71.3 cm³/mol. The number of nitrogens with two attached hydrogens (primary N) is 1. The summed E-state index contributed by atoms with van der Waals surface area (Å²) in [5, 5.41) is 0. The smallest absolute Gasteiger partial charge is 0.140 e. The number of hydrogen-bond acceptors (Lipinski definition) is 3. The summed E-state index contributed by atoms with van der Waals surface area (Å²) >= 11 is 1.03. The van der Waals surface area contributed by atoms with E-state index in [9.17, 15) is 8.78 Å². The molecule has 2 N–H and O–H groups in total. The summed E-state index contributed by atoms with van der Waals surface area (Å²) in [5.74, 6) is -0.494. The normalized spacial score (nSPS) is 12.7. The number of halogens is 2. The van der Waals surface area contributed by atoms with Crippen molar-refractivity contribution in [3.63, 3.8) is 0 Å². The van der Waals surface area contributed by atoms with Crippen molar-refractivity contribution in [1.29, 1.82) is 0 Å². The molecule has 0 fully saturated rings. The third kappa shape index (κ3) is 3.36. The van der Waals surface area contributed by atoms with Gasteiger partial charge in [-0.1, -0.05) is 11.8 Å². The summed E-state index contributed by atoms with van der Waals surface area (Å²) < 4.78 is 33.0. The van der Waals surface area contributed by atoms with E-state index in [0.717, 1.165) is 11.8 Å². The summed E-state index contributed by atoms with van der Waals surface area (Å²) in [5.41, 5.74) is 6.20. The molecule has 1 aromatic carbocycles. The zero-order valence-corrected chi connectivity index (χ0v) is 11.6. The van der Waals surface area contributed by atoms with Crippen LogP contribution in [0, 0.1) is 18.6 Å². The molecule has 1 aromatic heterocycles. The molecule has 5 heteroatoms. The van der Waals surface area contributed by atoms with Crippen molar-refractivity contribution in [3.8, 4) is 0 Å². The topological polar surface area (TPSA) is 39.2 Å². The van der Waals surface area contributed by atoms with Gasteiger partial charge in [0.05, 0.1) is 16.1 Å². The Morgan fingerprint density at radius 3 is 2.42 bits per heavy atom. The Kier molecular flexibility index (Phi) is 4.27. The molecule has 1 atom stereocenters. The van der Waals surface area contributed by atoms with E-state index in [2.05, 4.69) is 0 Å². The molecule has 0 aliphatic carbocycles. The highest BCUT2D eigenvalue weighted by Gasteiger charge is 2.15. The van der Waals surface area contributed by atoms with Crippen LogP contribution < -0.4 is 5.73 Å². The first kappa shape index (κ1) is 14.1. The van der Waals surface area contributed by atoms with E-state index in [-0.39, 0.29) is 10.9 Å². The zero-order chi connectivity index (χ0) is 14.0. The molecule has 0 aliphatic rings.